The molecular weight excluding hydrogens is 160 g/mol. The summed E-state index contributed by atoms with van der Waals surface area (Å²) in [5.74, 6) is -0.299. The largest absolute Gasteiger partial charge is 0.378 e. The lowest BCUT2D eigenvalue weighted by molar-refractivity contribution is -0.120. The summed E-state index contributed by atoms with van der Waals surface area (Å²) in [7, 11) is 0. The molecule has 0 saturated heterocycles. The van der Waals surface area contributed by atoms with Gasteiger partial charge in [-0.25, -0.2) is 0 Å². The van der Waals surface area contributed by atoms with Gasteiger partial charge in [-0.2, -0.15) is 0 Å². The average molecular weight is 172 g/mol. The van der Waals surface area contributed by atoms with E-state index in [0.717, 1.165) is 0 Å². The van der Waals surface area contributed by atoms with Crippen LogP contribution >= 0.6 is 11.8 Å². The number of thioether (sulfide) groups is 1. The molecule has 1 aliphatic heterocycles. The average Bonchev–Trinajstić information content (AvgIpc) is 1.85. The monoisotopic (exact) mass is 172 g/mol. The summed E-state index contributed by atoms with van der Waals surface area (Å²) in [5.41, 5.74) is 5.19. The van der Waals surface area contributed by atoms with Gasteiger partial charge < -0.3 is 11.1 Å². The van der Waals surface area contributed by atoms with Gasteiger partial charge in [-0.1, -0.05) is 0 Å². The Hall–Kier alpha value is -0.640. The van der Waals surface area contributed by atoms with Crippen molar-refractivity contribution in [1.82, 2.24) is 5.32 Å². The van der Waals surface area contributed by atoms with Crippen LogP contribution in [-0.2, 0) is 4.79 Å². The summed E-state index contributed by atoms with van der Waals surface area (Å²) in [6.45, 7) is 3.98. The lowest BCUT2D eigenvalue weighted by Gasteiger charge is -2.33. The van der Waals surface area contributed by atoms with Crippen LogP contribution in [0.15, 0.2) is 11.6 Å². The fourth-order valence-corrected chi connectivity index (χ4v) is 1.86. The highest BCUT2D eigenvalue weighted by Gasteiger charge is 2.34. The zero-order valence-corrected chi connectivity index (χ0v) is 7.44. The Morgan fingerprint density at radius 2 is 2.36 bits per heavy atom. The quantitative estimate of drug-likeness (QED) is 0.603. The van der Waals surface area contributed by atoms with Crippen molar-refractivity contribution in [2.75, 3.05) is 0 Å². The van der Waals surface area contributed by atoms with Gasteiger partial charge in [0.15, 0.2) is 0 Å². The Morgan fingerprint density at radius 1 is 1.73 bits per heavy atom. The Morgan fingerprint density at radius 3 is 2.73 bits per heavy atom. The third-order valence-electron chi connectivity index (χ3n) is 1.68. The van der Waals surface area contributed by atoms with Crippen LogP contribution in [0.25, 0.3) is 0 Å². The van der Waals surface area contributed by atoms with Gasteiger partial charge in [0.1, 0.15) is 6.04 Å². The minimum atomic E-state index is -0.299. The fourth-order valence-electron chi connectivity index (χ4n) is 1.04. The van der Waals surface area contributed by atoms with Gasteiger partial charge >= 0.3 is 0 Å². The van der Waals surface area contributed by atoms with Crippen molar-refractivity contribution >= 4 is 17.7 Å². The van der Waals surface area contributed by atoms with Gasteiger partial charge in [-0.15, -0.1) is 11.8 Å². The number of carbonyl (C=O) groups is 1. The molecule has 3 N–H and O–H groups in total. The predicted octanol–water partition coefficient (Wildman–Crippen LogP) is 0.427. The van der Waals surface area contributed by atoms with Crippen LogP contribution < -0.4 is 11.1 Å². The second-order valence-electron chi connectivity index (χ2n) is 3.03. The van der Waals surface area contributed by atoms with Crippen molar-refractivity contribution in [2.24, 2.45) is 5.73 Å². The second kappa shape index (κ2) is 2.77. The lowest BCUT2D eigenvalue weighted by Crippen LogP contribution is -2.52. The fraction of sp³-hybridized carbons (Fsp3) is 0.571. The Balaban J connectivity index is 2.78. The smallest absolute Gasteiger partial charge is 0.241 e. The van der Waals surface area contributed by atoms with Crippen molar-refractivity contribution in [2.45, 2.75) is 24.6 Å². The van der Waals surface area contributed by atoms with Crippen LogP contribution in [0.5, 0.6) is 0 Å². The van der Waals surface area contributed by atoms with Gasteiger partial charge in [-0.3, -0.25) is 4.79 Å². The summed E-state index contributed by atoms with van der Waals surface area (Å²) >= 11 is 1.61. The van der Waals surface area contributed by atoms with Gasteiger partial charge in [0.25, 0.3) is 0 Å². The van der Waals surface area contributed by atoms with Crippen LogP contribution in [0, 0.1) is 0 Å². The van der Waals surface area contributed by atoms with E-state index in [4.69, 9.17) is 5.73 Å². The maximum atomic E-state index is 10.9. The zero-order valence-electron chi connectivity index (χ0n) is 6.63. The molecule has 11 heavy (non-hydrogen) atoms. The molecule has 1 amide bonds. The highest BCUT2D eigenvalue weighted by molar-refractivity contribution is 8.03. The van der Waals surface area contributed by atoms with Crippen molar-refractivity contribution in [3.05, 3.63) is 11.6 Å². The molecule has 1 unspecified atom stereocenters. The number of carbonyl (C=O) groups excluding carboxylic acids is 1. The Labute approximate surface area is 70.4 Å². The van der Waals surface area contributed by atoms with E-state index in [2.05, 4.69) is 5.32 Å². The molecule has 0 saturated carbocycles. The Kier molecular flexibility index (Phi) is 2.13. The molecule has 1 rings (SSSR count). The van der Waals surface area contributed by atoms with Gasteiger partial charge in [-0.05, 0) is 19.3 Å². The maximum absolute atomic E-state index is 10.9. The lowest BCUT2D eigenvalue weighted by atomic mass is 10.0. The topological polar surface area (TPSA) is 55.1 Å². The van der Waals surface area contributed by atoms with E-state index in [1.54, 1.807) is 18.0 Å². The molecule has 0 fully saturated rings. The molecule has 1 aliphatic rings. The number of nitrogens with one attached hydrogen (secondary N) is 1. The summed E-state index contributed by atoms with van der Waals surface area (Å²) in [4.78, 5) is 10.9. The molecule has 0 aromatic carbocycles. The van der Waals surface area contributed by atoms with Crippen molar-refractivity contribution in [1.29, 1.82) is 0 Å². The summed E-state index contributed by atoms with van der Waals surface area (Å²) in [5, 5.41) is 4.86. The first-order valence-corrected chi connectivity index (χ1v) is 4.30. The molecule has 0 aromatic heterocycles. The van der Waals surface area contributed by atoms with Crippen LogP contribution in [-0.4, -0.2) is 16.7 Å². The van der Waals surface area contributed by atoms with E-state index in [1.165, 1.54) is 0 Å². The van der Waals surface area contributed by atoms with Crippen LogP contribution in [0.3, 0.4) is 0 Å². The van der Waals surface area contributed by atoms with Crippen LogP contribution in [0.4, 0.5) is 0 Å². The minimum Gasteiger partial charge on any atom is -0.378 e. The summed E-state index contributed by atoms with van der Waals surface area (Å²) in [6.07, 6.45) is 1.76. The first kappa shape index (κ1) is 8.46. The third kappa shape index (κ3) is 1.68. The highest BCUT2D eigenvalue weighted by Crippen LogP contribution is 2.31. The predicted molar refractivity (Wildman–Crippen MR) is 46.9 cm³/mol. The first-order chi connectivity index (χ1) is 5.04. The normalized spacial score (nSPS) is 27.6. The van der Waals surface area contributed by atoms with Crippen molar-refractivity contribution in [3.63, 3.8) is 0 Å². The minimum absolute atomic E-state index is 0.138. The van der Waals surface area contributed by atoms with E-state index in [1.807, 2.05) is 19.3 Å². The number of primary amides is 1. The molecule has 3 nitrogen and oxygen atoms in total. The maximum Gasteiger partial charge on any atom is 0.241 e. The SMILES string of the molecule is CC1(C)SC=CNC1C(N)=O. The van der Waals surface area contributed by atoms with Crippen molar-refractivity contribution < 1.29 is 4.79 Å². The first-order valence-electron chi connectivity index (χ1n) is 3.42. The second-order valence-corrected chi connectivity index (χ2v) is 4.59. The van der Waals surface area contributed by atoms with Gasteiger partial charge in [0.05, 0.1) is 0 Å². The number of amides is 1. The molecular formula is C7H12N2OS. The molecule has 0 spiro atoms. The molecule has 0 bridgehead atoms. The van der Waals surface area contributed by atoms with Gasteiger partial charge in [0.2, 0.25) is 5.91 Å². The molecule has 1 heterocycles. The van der Waals surface area contributed by atoms with Crippen LogP contribution in [0.2, 0.25) is 0 Å². The van der Waals surface area contributed by atoms with Gasteiger partial charge in [0, 0.05) is 10.9 Å². The summed E-state index contributed by atoms with van der Waals surface area (Å²) in [6, 6.07) is -0.266. The molecule has 62 valence electrons. The number of rotatable bonds is 1. The Bertz CT molecular complexity index is 201. The van der Waals surface area contributed by atoms with E-state index < -0.39 is 0 Å². The van der Waals surface area contributed by atoms with E-state index in [-0.39, 0.29) is 16.7 Å². The van der Waals surface area contributed by atoms with E-state index in [9.17, 15) is 4.79 Å². The number of nitrogens with two attached hydrogens (primary N) is 1. The highest BCUT2D eigenvalue weighted by atomic mass is 32.2. The van der Waals surface area contributed by atoms with E-state index in [0.29, 0.717) is 0 Å². The molecule has 1 atom stereocenters. The zero-order chi connectivity index (χ0) is 8.48. The van der Waals surface area contributed by atoms with E-state index >= 15 is 0 Å². The molecule has 0 aromatic rings. The molecule has 0 aliphatic carbocycles. The van der Waals surface area contributed by atoms with Crippen LogP contribution in [0.1, 0.15) is 13.8 Å². The van der Waals surface area contributed by atoms with Crippen molar-refractivity contribution in [3.8, 4) is 0 Å². The number of hydrogen-bond acceptors (Lipinski definition) is 3. The summed E-state index contributed by atoms with van der Waals surface area (Å²) < 4.78 is -0.138. The number of hydrogen-bond donors (Lipinski definition) is 2. The standard InChI is InChI=1S/C7H12N2OS/c1-7(2)5(6(8)10)9-3-4-11-7/h3-5,9H,1-2H3,(H2,8,10). The molecule has 4 heteroatoms. The third-order valence-corrected chi connectivity index (χ3v) is 2.80. The molecule has 0 radical (unpaired) electrons.